The highest BCUT2D eigenvalue weighted by atomic mass is 35.7. The summed E-state index contributed by atoms with van der Waals surface area (Å²) in [6.07, 6.45) is 4.08. The number of hydrogen-bond donors (Lipinski definition) is 0. The van der Waals surface area contributed by atoms with Crippen molar-refractivity contribution in [1.82, 2.24) is 0 Å². The molecule has 0 nitrogen and oxygen atoms in total. The van der Waals surface area contributed by atoms with E-state index in [4.69, 9.17) is 44.3 Å². The first-order valence-electron chi connectivity index (χ1n) is 9.27. The van der Waals surface area contributed by atoms with Gasteiger partial charge in [0.2, 0.25) is 0 Å². The highest BCUT2D eigenvalue weighted by molar-refractivity contribution is 8.00. The summed E-state index contributed by atoms with van der Waals surface area (Å²) in [4.78, 5) is 2.25. The van der Waals surface area contributed by atoms with Crippen molar-refractivity contribution < 1.29 is 0 Å². The average Bonchev–Trinajstić information content (AvgIpc) is 2.53. The smallest absolute Gasteiger partial charge is 0.140 e. The standard InChI is InChI=1S/C20H26Cl4SSi2/c1-5-9-15-11-7-13-17(19(15)26(3,21)22)25-18-14-8-12-16(10-6-2)20(18)27(4,23)24/h7-8,11-14H,5-6,9-10H2,1-4H3. The lowest BCUT2D eigenvalue weighted by Gasteiger charge is -2.23. The lowest BCUT2D eigenvalue weighted by molar-refractivity contribution is 0.923. The molecule has 0 bridgehead atoms. The zero-order chi connectivity index (χ0) is 20.2. The van der Waals surface area contributed by atoms with Crippen molar-refractivity contribution in [3.63, 3.8) is 0 Å². The fourth-order valence-electron chi connectivity index (χ4n) is 3.39. The van der Waals surface area contributed by atoms with E-state index in [2.05, 4.69) is 50.2 Å². The minimum atomic E-state index is -2.54. The van der Waals surface area contributed by atoms with Crippen LogP contribution in [0.3, 0.4) is 0 Å². The molecule has 0 amide bonds. The fraction of sp³-hybridized carbons (Fsp3) is 0.400. The molecular weight excluding hydrogens is 470 g/mol. The molecule has 148 valence electrons. The molecule has 2 rings (SSSR count). The third-order valence-electron chi connectivity index (χ3n) is 4.36. The van der Waals surface area contributed by atoms with Crippen molar-refractivity contribution >= 4 is 79.8 Å². The van der Waals surface area contributed by atoms with Crippen molar-refractivity contribution in [2.75, 3.05) is 0 Å². The van der Waals surface area contributed by atoms with Crippen molar-refractivity contribution in [3.8, 4) is 0 Å². The summed E-state index contributed by atoms with van der Waals surface area (Å²) >= 11 is 28.6. The number of hydrogen-bond acceptors (Lipinski definition) is 1. The quantitative estimate of drug-likeness (QED) is 0.274. The van der Waals surface area contributed by atoms with Crippen LogP contribution < -0.4 is 10.4 Å². The van der Waals surface area contributed by atoms with E-state index >= 15 is 0 Å². The summed E-state index contributed by atoms with van der Waals surface area (Å²) in [6, 6.07) is 12.7. The first-order valence-corrected chi connectivity index (χ1v) is 19.1. The third kappa shape index (κ3) is 6.18. The molecule has 2 aromatic carbocycles. The molecule has 0 unspecified atom stereocenters. The van der Waals surface area contributed by atoms with E-state index in [-0.39, 0.29) is 0 Å². The van der Waals surface area contributed by atoms with Gasteiger partial charge in [-0.05, 0) is 59.6 Å². The van der Waals surface area contributed by atoms with Crippen molar-refractivity contribution in [1.29, 1.82) is 0 Å². The Balaban J connectivity index is 2.61. The summed E-state index contributed by atoms with van der Waals surface area (Å²) in [5, 5.41) is 2.25. The van der Waals surface area contributed by atoms with Crippen LogP contribution in [-0.2, 0) is 12.8 Å². The Labute approximate surface area is 188 Å². The Morgan fingerprint density at radius 3 is 1.37 bits per heavy atom. The summed E-state index contributed by atoms with van der Waals surface area (Å²) in [5.74, 6) is 0. The molecule has 7 heteroatoms. The molecule has 0 spiro atoms. The van der Waals surface area contributed by atoms with Crippen molar-refractivity contribution in [3.05, 3.63) is 47.5 Å². The van der Waals surface area contributed by atoms with Crippen LogP contribution in [0.25, 0.3) is 0 Å². The molecule has 0 aromatic heterocycles. The van der Waals surface area contributed by atoms with E-state index < -0.39 is 13.4 Å². The van der Waals surface area contributed by atoms with Crippen LogP contribution in [0, 0.1) is 0 Å². The summed E-state index contributed by atoms with van der Waals surface area (Å²) in [7, 11) is 0. The maximum absolute atomic E-state index is 6.73. The van der Waals surface area contributed by atoms with E-state index in [0.29, 0.717) is 0 Å². The second-order valence-electron chi connectivity index (χ2n) is 6.96. The Bertz CT molecular complexity index is 717. The Morgan fingerprint density at radius 2 is 1.07 bits per heavy atom. The second-order valence-corrected chi connectivity index (χ2v) is 22.8. The van der Waals surface area contributed by atoms with Gasteiger partial charge in [0.05, 0.1) is 0 Å². The van der Waals surface area contributed by atoms with Gasteiger partial charge in [-0.3, -0.25) is 0 Å². The fourth-order valence-corrected chi connectivity index (χ4v) is 11.8. The van der Waals surface area contributed by atoms with Crippen LogP contribution >= 0.6 is 56.1 Å². The van der Waals surface area contributed by atoms with Crippen LogP contribution in [0.4, 0.5) is 0 Å². The molecule has 0 saturated heterocycles. The number of halogens is 4. The van der Waals surface area contributed by atoms with E-state index in [0.717, 1.165) is 45.8 Å². The lowest BCUT2D eigenvalue weighted by Crippen LogP contribution is -2.39. The van der Waals surface area contributed by atoms with Crippen LogP contribution in [0.1, 0.15) is 37.8 Å². The van der Waals surface area contributed by atoms with E-state index in [1.165, 1.54) is 11.1 Å². The highest BCUT2D eigenvalue weighted by Crippen LogP contribution is 2.33. The molecule has 2 aromatic rings. The van der Waals surface area contributed by atoms with E-state index in [9.17, 15) is 0 Å². The summed E-state index contributed by atoms with van der Waals surface area (Å²) < 4.78 is 0. The maximum Gasteiger partial charge on any atom is 0.279 e. The molecule has 0 aliphatic rings. The monoisotopic (exact) mass is 494 g/mol. The van der Waals surface area contributed by atoms with E-state index in [1.54, 1.807) is 11.8 Å². The average molecular weight is 496 g/mol. The van der Waals surface area contributed by atoms with Gasteiger partial charge in [-0.2, -0.15) is 0 Å². The molecule has 27 heavy (non-hydrogen) atoms. The minimum Gasteiger partial charge on any atom is -0.140 e. The molecule has 0 saturated carbocycles. The molecular formula is C20H26Cl4SSi2. The maximum atomic E-state index is 6.73. The molecule has 0 atom stereocenters. The normalized spacial score (nSPS) is 12.4. The van der Waals surface area contributed by atoms with Crippen molar-refractivity contribution in [2.45, 2.75) is 62.4 Å². The van der Waals surface area contributed by atoms with Crippen LogP contribution in [-0.4, -0.2) is 13.4 Å². The summed E-state index contributed by atoms with van der Waals surface area (Å²) in [5.41, 5.74) is 2.51. The number of rotatable bonds is 8. The van der Waals surface area contributed by atoms with Crippen LogP contribution in [0.15, 0.2) is 46.2 Å². The Hall–Kier alpha value is 0.384. The van der Waals surface area contributed by atoms with Gasteiger partial charge in [-0.1, -0.05) is 62.7 Å². The topological polar surface area (TPSA) is 0 Å². The predicted molar refractivity (Wildman–Crippen MR) is 131 cm³/mol. The van der Waals surface area contributed by atoms with Crippen LogP contribution in [0.2, 0.25) is 13.1 Å². The van der Waals surface area contributed by atoms with Gasteiger partial charge in [0.1, 0.15) is 0 Å². The number of aryl methyl sites for hydroxylation is 2. The van der Waals surface area contributed by atoms with Gasteiger partial charge in [0.25, 0.3) is 13.4 Å². The molecule has 0 fully saturated rings. The molecule has 0 aliphatic heterocycles. The Morgan fingerprint density at radius 1 is 0.704 bits per heavy atom. The zero-order valence-corrected chi connectivity index (χ0v) is 22.1. The van der Waals surface area contributed by atoms with Gasteiger partial charge in [-0.25, -0.2) is 0 Å². The van der Waals surface area contributed by atoms with Gasteiger partial charge in [0, 0.05) is 9.79 Å². The van der Waals surface area contributed by atoms with Crippen LogP contribution in [0.5, 0.6) is 0 Å². The third-order valence-corrected chi connectivity index (χ3v) is 11.0. The first-order chi connectivity index (χ1) is 12.6. The number of benzene rings is 2. The van der Waals surface area contributed by atoms with Gasteiger partial charge in [0.15, 0.2) is 0 Å². The highest BCUT2D eigenvalue weighted by Gasteiger charge is 2.33. The molecule has 0 N–H and O–H groups in total. The minimum absolute atomic E-state index is 0.978. The first kappa shape index (κ1) is 23.7. The SMILES string of the molecule is CCCc1cccc(Sc2cccc(CCC)c2[Si](C)(Cl)Cl)c1[Si](C)(Cl)Cl. The molecule has 0 heterocycles. The second kappa shape index (κ2) is 9.93. The van der Waals surface area contributed by atoms with E-state index in [1.807, 2.05) is 13.1 Å². The Kier molecular flexibility index (Phi) is 8.70. The lowest BCUT2D eigenvalue weighted by atomic mass is 10.1. The van der Waals surface area contributed by atoms with Gasteiger partial charge < -0.3 is 0 Å². The van der Waals surface area contributed by atoms with Crippen molar-refractivity contribution in [2.24, 2.45) is 0 Å². The molecule has 0 aliphatic carbocycles. The molecule has 0 radical (unpaired) electrons. The van der Waals surface area contributed by atoms with Gasteiger partial charge >= 0.3 is 0 Å². The predicted octanol–water partition coefficient (Wildman–Crippen LogP) is 7.26. The largest absolute Gasteiger partial charge is 0.279 e. The zero-order valence-electron chi connectivity index (χ0n) is 16.2. The summed E-state index contributed by atoms with van der Waals surface area (Å²) in [6.45, 7) is 3.23. The van der Waals surface area contributed by atoms with Gasteiger partial charge in [-0.15, -0.1) is 44.3 Å².